The second-order valence-electron chi connectivity index (χ2n) is 15.9. The van der Waals surface area contributed by atoms with Gasteiger partial charge in [-0.1, -0.05) is 178 Å². The zero-order valence-electron chi connectivity index (χ0n) is 31.2. The summed E-state index contributed by atoms with van der Waals surface area (Å²) < 4.78 is 2.71. The van der Waals surface area contributed by atoms with Gasteiger partial charge in [0.15, 0.2) is 0 Å². The maximum atomic E-state index is 2.52. The first kappa shape index (κ1) is 31.8. The Hall–Kier alpha value is -6.54. The summed E-state index contributed by atoms with van der Waals surface area (Å²) in [5, 5.41) is 13.1. The molecule has 0 saturated carbocycles. The van der Waals surface area contributed by atoms with E-state index in [9.17, 15) is 0 Å². The molecule has 0 atom stereocenters. The fourth-order valence-electron chi connectivity index (χ4n) is 10.1. The van der Waals surface area contributed by atoms with Crippen molar-refractivity contribution in [2.24, 2.45) is 0 Å². The number of hydrogen-bond acceptors (Lipinski definition) is 1. The maximum Gasteiger partial charge on any atom is 0.0362 e. The van der Waals surface area contributed by atoms with Gasteiger partial charge in [0.1, 0.15) is 0 Å². The fraction of sp³-hybridized carbons (Fsp3) is 0.0545. The van der Waals surface area contributed by atoms with Crippen molar-refractivity contribution in [1.29, 1.82) is 0 Å². The van der Waals surface area contributed by atoms with E-state index in [1.54, 1.807) is 0 Å². The Balaban J connectivity index is 1.12. The average molecular weight is 729 g/mol. The third kappa shape index (κ3) is 4.35. The van der Waals surface area contributed by atoms with E-state index >= 15 is 0 Å². The Kier molecular flexibility index (Phi) is 6.66. The van der Waals surface area contributed by atoms with Gasteiger partial charge in [-0.25, -0.2) is 0 Å². The van der Waals surface area contributed by atoms with E-state index in [0.29, 0.717) is 0 Å². The molecule has 1 aliphatic rings. The number of hydrogen-bond donors (Lipinski definition) is 0. The lowest BCUT2D eigenvalue weighted by atomic mass is 9.80. The molecule has 0 radical (unpaired) electrons. The van der Waals surface area contributed by atoms with Gasteiger partial charge < -0.3 is 0 Å². The molecule has 10 aromatic carbocycles. The highest BCUT2D eigenvalue weighted by Gasteiger charge is 2.37. The molecule has 0 bridgehead atoms. The van der Waals surface area contributed by atoms with Gasteiger partial charge in [-0.3, -0.25) is 0 Å². The van der Waals surface area contributed by atoms with Crippen LogP contribution in [0.3, 0.4) is 0 Å². The highest BCUT2D eigenvalue weighted by Crippen LogP contribution is 2.55. The zero-order chi connectivity index (χ0) is 37.1. The second-order valence-corrected chi connectivity index (χ2v) is 17.0. The lowest BCUT2D eigenvalue weighted by molar-refractivity contribution is 0.661. The molecule has 1 heteroatoms. The summed E-state index contributed by atoms with van der Waals surface area (Å²) in [5.74, 6) is 0. The van der Waals surface area contributed by atoms with Crippen molar-refractivity contribution >= 4 is 74.6 Å². The van der Waals surface area contributed by atoms with Gasteiger partial charge in [0.05, 0.1) is 0 Å². The van der Waals surface area contributed by atoms with Crippen LogP contribution in [0.2, 0.25) is 0 Å². The summed E-state index contributed by atoms with van der Waals surface area (Å²) in [6, 6.07) is 68.1. The SMILES string of the molecule is CC1(C)c2cc(-c3c4ccccc4c(-c4ccc(-c5ccccc5)c5ccccc45)c4ccccc34)ccc2-c2c1ccc1ccc3sc4ccccc4c3c21. The normalized spacial score (nSPS) is 13.3. The van der Waals surface area contributed by atoms with Crippen LogP contribution in [-0.4, -0.2) is 0 Å². The van der Waals surface area contributed by atoms with E-state index in [-0.39, 0.29) is 5.41 Å². The molecular weight excluding hydrogens is 693 g/mol. The lowest BCUT2D eigenvalue weighted by Crippen LogP contribution is -2.15. The molecule has 0 amide bonds. The average Bonchev–Trinajstić information content (AvgIpc) is 3.74. The van der Waals surface area contributed by atoms with Crippen LogP contribution in [0.1, 0.15) is 25.0 Å². The summed E-state index contributed by atoms with van der Waals surface area (Å²) in [7, 11) is 0. The predicted molar refractivity (Wildman–Crippen MR) is 243 cm³/mol. The molecule has 1 aromatic heterocycles. The molecule has 0 fully saturated rings. The maximum absolute atomic E-state index is 2.52. The van der Waals surface area contributed by atoms with Crippen LogP contribution in [0, 0.1) is 0 Å². The molecule has 262 valence electrons. The summed E-state index contributed by atoms with van der Waals surface area (Å²) >= 11 is 1.90. The van der Waals surface area contributed by atoms with Gasteiger partial charge in [-0.05, 0) is 117 Å². The molecule has 1 aliphatic carbocycles. The summed E-state index contributed by atoms with van der Waals surface area (Å²) in [5.41, 5.74) is 13.0. The highest BCUT2D eigenvalue weighted by atomic mass is 32.1. The molecule has 0 spiro atoms. The molecule has 56 heavy (non-hydrogen) atoms. The standard InChI is InChI=1S/C55H36S/c1-55(2)46-30-25-34-26-31-49-54(45-22-12-13-23-48(45)56-49)51(34)53(46)44-27-24-35(32-47(44)55)50-39-18-8-10-20-41(39)52(42-21-11-9-19-40(42)50)43-29-28-36(33-14-4-3-5-15-33)37-16-6-7-17-38(37)43/h3-32H,1-2H3. The molecule has 12 rings (SSSR count). The molecule has 0 nitrogen and oxygen atoms in total. The molecular formula is C55H36S. The molecule has 1 heterocycles. The Morgan fingerprint density at radius 3 is 1.61 bits per heavy atom. The number of benzene rings is 10. The number of thiophene rings is 1. The lowest BCUT2D eigenvalue weighted by Gasteiger charge is -2.23. The van der Waals surface area contributed by atoms with Crippen LogP contribution in [0.15, 0.2) is 182 Å². The predicted octanol–water partition coefficient (Wildman–Crippen LogP) is 16.0. The fourth-order valence-corrected chi connectivity index (χ4v) is 11.2. The van der Waals surface area contributed by atoms with Gasteiger partial charge in [0, 0.05) is 25.6 Å². The van der Waals surface area contributed by atoms with E-state index in [4.69, 9.17) is 0 Å². The largest absolute Gasteiger partial charge is 0.135 e. The first-order valence-electron chi connectivity index (χ1n) is 19.6. The summed E-state index contributed by atoms with van der Waals surface area (Å²) in [6.07, 6.45) is 0. The Bertz CT molecular complexity index is 3380. The van der Waals surface area contributed by atoms with Gasteiger partial charge in [-0.2, -0.15) is 0 Å². The van der Waals surface area contributed by atoms with Gasteiger partial charge in [0.25, 0.3) is 0 Å². The minimum absolute atomic E-state index is 0.159. The number of rotatable bonds is 3. The van der Waals surface area contributed by atoms with E-state index in [0.717, 1.165) is 0 Å². The Morgan fingerprint density at radius 1 is 0.339 bits per heavy atom. The zero-order valence-corrected chi connectivity index (χ0v) is 32.0. The van der Waals surface area contributed by atoms with Crippen molar-refractivity contribution in [2.75, 3.05) is 0 Å². The van der Waals surface area contributed by atoms with Crippen LogP contribution in [-0.2, 0) is 5.41 Å². The van der Waals surface area contributed by atoms with Crippen LogP contribution in [0.4, 0.5) is 0 Å². The summed E-state index contributed by atoms with van der Waals surface area (Å²) in [4.78, 5) is 0. The smallest absolute Gasteiger partial charge is 0.0362 e. The van der Waals surface area contributed by atoms with Gasteiger partial charge in [-0.15, -0.1) is 11.3 Å². The molecule has 0 unspecified atom stereocenters. The van der Waals surface area contributed by atoms with Crippen LogP contribution >= 0.6 is 11.3 Å². The highest BCUT2D eigenvalue weighted by molar-refractivity contribution is 7.26. The van der Waals surface area contributed by atoms with Crippen LogP contribution in [0.5, 0.6) is 0 Å². The van der Waals surface area contributed by atoms with E-state index in [2.05, 4.69) is 196 Å². The van der Waals surface area contributed by atoms with Crippen LogP contribution < -0.4 is 0 Å². The Labute approximate surface area is 329 Å². The van der Waals surface area contributed by atoms with Crippen molar-refractivity contribution in [3.05, 3.63) is 193 Å². The van der Waals surface area contributed by atoms with Gasteiger partial charge in [0.2, 0.25) is 0 Å². The minimum atomic E-state index is -0.159. The molecule has 0 saturated heterocycles. The van der Waals surface area contributed by atoms with Crippen molar-refractivity contribution in [2.45, 2.75) is 19.3 Å². The van der Waals surface area contributed by atoms with Crippen molar-refractivity contribution in [3.63, 3.8) is 0 Å². The third-order valence-corrected chi connectivity index (χ3v) is 13.8. The first-order chi connectivity index (χ1) is 27.6. The number of fused-ring (bicyclic) bond motifs is 12. The monoisotopic (exact) mass is 728 g/mol. The van der Waals surface area contributed by atoms with Crippen molar-refractivity contribution in [1.82, 2.24) is 0 Å². The molecule has 0 aliphatic heterocycles. The Morgan fingerprint density at radius 2 is 0.893 bits per heavy atom. The van der Waals surface area contributed by atoms with E-state index in [1.807, 2.05) is 11.3 Å². The van der Waals surface area contributed by atoms with E-state index < -0.39 is 0 Å². The van der Waals surface area contributed by atoms with Crippen molar-refractivity contribution in [3.8, 4) is 44.5 Å². The second kappa shape index (κ2) is 11.7. The topological polar surface area (TPSA) is 0 Å². The van der Waals surface area contributed by atoms with Crippen LogP contribution in [0.25, 0.3) is 108 Å². The minimum Gasteiger partial charge on any atom is -0.135 e. The molecule has 0 N–H and O–H groups in total. The molecule has 11 aromatic rings. The first-order valence-corrected chi connectivity index (χ1v) is 20.4. The third-order valence-electron chi connectivity index (χ3n) is 12.7. The van der Waals surface area contributed by atoms with E-state index in [1.165, 1.54) is 119 Å². The van der Waals surface area contributed by atoms with Gasteiger partial charge >= 0.3 is 0 Å². The quantitative estimate of drug-likeness (QED) is 0.159. The summed E-state index contributed by atoms with van der Waals surface area (Å²) in [6.45, 7) is 4.84. The van der Waals surface area contributed by atoms with Crippen molar-refractivity contribution < 1.29 is 0 Å².